The van der Waals surface area contributed by atoms with E-state index in [-0.39, 0.29) is 11.7 Å². The molecule has 6 nitrogen and oxygen atoms in total. The Morgan fingerprint density at radius 2 is 2.04 bits per heavy atom. The van der Waals surface area contributed by atoms with Crippen LogP contribution >= 0.6 is 0 Å². The number of benzene rings is 1. The van der Waals surface area contributed by atoms with Crippen LogP contribution < -0.4 is 0 Å². The van der Waals surface area contributed by atoms with Crippen LogP contribution in [0.4, 0.5) is 0 Å². The van der Waals surface area contributed by atoms with Crippen LogP contribution in [0, 0.1) is 12.8 Å². The van der Waals surface area contributed by atoms with Crippen molar-refractivity contribution in [2.75, 3.05) is 6.26 Å². The summed E-state index contributed by atoms with van der Waals surface area (Å²) in [6, 6.07) is 7.23. The minimum absolute atomic E-state index is 0.0213. The molecule has 0 radical (unpaired) electrons. The van der Waals surface area contributed by atoms with E-state index in [1.165, 1.54) is 10.2 Å². The highest BCUT2D eigenvalue weighted by molar-refractivity contribution is 7.89. The number of hydrogen-bond donors (Lipinski definition) is 0. The Hall–Kier alpha value is -2.41. The molecule has 0 fully saturated rings. The fraction of sp³-hybridized carbons (Fsp3) is 0.333. The number of Topliss-reactive ketones (excluding diaryl/α,β-unsaturated/α-hetero) is 1. The largest absolute Gasteiger partial charge is 0.334 e. The Bertz CT molecular complexity index is 1090. The molecule has 0 bridgehead atoms. The lowest BCUT2D eigenvalue weighted by Crippen LogP contribution is -2.28. The monoisotopic (exact) mass is 357 g/mol. The molecule has 130 valence electrons. The van der Waals surface area contributed by atoms with Crippen LogP contribution in [-0.2, 0) is 23.0 Å². The summed E-state index contributed by atoms with van der Waals surface area (Å²) < 4.78 is 27.9. The van der Waals surface area contributed by atoms with Gasteiger partial charge in [0.2, 0.25) is 10.0 Å². The quantitative estimate of drug-likeness (QED) is 0.721. The lowest BCUT2D eigenvalue weighted by atomic mass is 9.85. The molecule has 4 rings (SSSR count). The smallest absolute Gasteiger partial charge is 0.236 e. The molecule has 25 heavy (non-hydrogen) atoms. The molecular formula is C18H19N3O3S. The summed E-state index contributed by atoms with van der Waals surface area (Å²) in [6.45, 7) is 2.48. The summed E-state index contributed by atoms with van der Waals surface area (Å²) in [7, 11) is -3.48. The average molecular weight is 357 g/mol. The molecule has 1 unspecified atom stereocenters. The van der Waals surface area contributed by atoms with Gasteiger partial charge in [-0.2, -0.15) is 0 Å². The van der Waals surface area contributed by atoms with E-state index >= 15 is 0 Å². The molecule has 1 aliphatic carbocycles. The van der Waals surface area contributed by atoms with E-state index in [2.05, 4.69) is 4.98 Å². The number of para-hydroxylation sites is 1. The van der Waals surface area contributed by atoms with Gasteiger partial charge in [-0.3, -0.25) is 4.79 Å². The minimum Gasteiger partial charge on any atom is -0.334 e. The highest BCUT2D eigenvalue weighted by Crippen LogP contribution is 2.35. The number of carbonyl (C=O) groups excluding carboxylic acids is 1. The van der Waals surface area contributed by atoms with Crippen LogP contribution in [0.5, 0.6) is 0 Å². The van der Waals surface area contributed by atoms with E-state index in [0.29, 0.717) is 36.2 Å². The molecule has 0 aliphatic heterocycles. The third-order valence-electron chi connectivity index (χ3n) is 4.95. The molecule has 0 N–H and O–H groups in total. The van der Waals surface area contributed by atoms with E-state index < -0.39 is 10.0 Å². The average Bonchev–Trinajstić information content (AvgIpc) is 3.11. The van der Waals surface area contributed by atoms with Gasteiger partial charge in [0.05, 0.1) is 11.8 Å². The van der Waals surface area contributed by atoms with E-state index in [4.69, 9.17) is 0 Å². The first-order valence-electron chi connectivity index (χ1n) is 8.22. The van der Waals surface area contributed by atoms with Gasteiger partial charge in [0.1, 0.15) is 5.82 Å². The predicted octanol–water partition coefficient (Wildman–Crippen LogP) is 2.40. The zero-order valence-electron chi connectivity index (χ0n) is 14.1. The lowest BCUT2D eigenvalue weighted by molar-refractivity contribution is 0.0888. The Morgan fingerprint density at radius 3 is 2.72 bits per heavy atom. The summed E-state index contributed by atoms with van der Waals surface area (Å²) in [5, 5.41) is 0.722. The summed E-state index contributed by atoms with van der Waals surface area (Å²) in [5.74, 6) is 0.726. The highest BCUT2D eigenvalue weighted by Gasteiger charge is 2.34. The van der Waals surface area contributed by atoms with Crippen molar-refractivity contribution in [1.82, 2.24) is 13.5 Å². The number of ketones is 1. The van der Waals surface area contributed by atoms with Crippen LogP contribution in [0.2, 0.25) is 0 Å². The van der Waals surface area contributed by atoms with Crippen molar-refractivity contribution in [3.8, 4) is 0 Å². The Labute approximate surface area is 146 Å². The third kappa shape index (κ3) is 2.50. The first-order chi connectivity index (χ1) is 11.9. The second-order valence-corrected chi connectivity index (χ2v) is 8.42. The van der Waals surface area contributed by atoms with Gasteiger partial charge in [-0.25, -0.2) is 17.4 Å². The van der Waals surface area contributed by atoms with Crippen molar-refractivity contribution in [3.63, 3.8) is 0 Å². The van der Waals surface area contributed by atoms with E-state index in [9.17, 15) is 13.2 Å². The molecule has 7 heteroatoms. The van der Waals surface area contributed by atoms with Crippen molar-refractivity contribution < 1.29 is 13.2 Å². The maximum Gasteiger partial charge on any atom is 0.236 e. The lowest BCUT2D eigenvalue weighted by Gasteiger charge is -2.23. The summed E-state index contributed by atoms with van der Waals surface area (Å²) in [4.78, 5) is 17.4. The second-order valence-electron chi connectivity index (χ2n) is 6.59. The molecule has 0 spiro atoms. The Morgan fingerprint density at radius 1 is 1.28 bits per heavy atom. The standard InChI is InChI=1S/C18H19N3O3S/c1-12-19-9-10-20(12)11-13-7-8-16-17(18(13)22)14-5-3-4-6-15(14)21(16)25(2,23)24/h3-6,9-10,13H,7-8,11H2,1-2H3. The van der Waals surface area contributed by atoms with Crippen LogP contribution in [0.15, 0.2) is 36.7 Å². The molecule has 0 saturated heterocycles. The SMILES string of the molecule is Cc1nccn1CC1CCc2c(c3ccccc3n2S(C)(=O)=O)C1=O. The van der Waals surface area contributed by atoms with E-state index in [0.717, 1.165) is 11.2 Å². The first-order valence-corrected chi connectivity index (χ1v) is 10.1. The molecule has 3 aromatic rings. The summed E-state index contributed by atoms with van der Waals surface area (Å²) in [6.07, 6.45) is 5.99. The van der Waals surface area contributed by atoms with Gasteiger partial charge in [0.25, 0.3) is 0 Å². The van der Waals surface area contributed by atoms with Crippen molar-refractivity contribution in [2.45, 2.75) is 26.3 Å². The van der Waals surface area contributed by atoms with Gasteiger partial charge in [-0.1, -0.05) is 18.2 Å². The third-order valence-corrected chi connectivity index (χ3v) is 6.03. The second kappa shape index (κ2) is 5.56. The number of carbonyl (C=O) groups is 1. The number of imidazole rings is 1. The Kier molecular flexibility index (Phi) is 3.57. The molecule has 0 saturated carbocycles. The van der Waals surface area contributed by atoms with E-state index in [1.54, 1.807) is 18.3 Å². The topological polar surface area (TPSA) is 74.0 Å². The van der Waals surface area contributed by atoms with Crippen LogP contribution in [0.3, 0.4) is 0 Å². The number of aromatic nitrogens is 3. The highest BCUT2D eigenvalue weighted by atomic mass is 32.2. The first kappa shape index (κ1) is 16.1. The maximum atomic E-state index is 13.2. The molecule has 2 aromatic heterocycles. The molecule has 1 atom stereocenters. The van der Waals surface area contributed by atoms with Gasteiger partial charge < -0.3 is 4.57 Å². The molecule has 1 aromatic carbocycles. The van der Waals surface area contributed by atoms with Gasteiger partial charge in [0.15, 0.2) is 5.78 Å². The van der Waals surface area contributed by atoms with Gasteiger partial charge in [-0.15, -0.1) is 0 Å². The summed E-state index contributed by atoms with van der Waals surface area (Å²) in [5.41, 5.74) is 1.77. The van der Waals surface area contributed by atoms with Crippen molar-refractivity contribution >= 4 is 26.7 Å². The summed E-state index contributed by atoms with van der Waals surface area (Å²) >= 11 is 0. The van der Waals surface area contributed by atoms with E-state index in [1.807, 2.05) is 29.8 Å². The van der Waals surface area contributed by atoms with Crippen LogP contribution in [0.25, 0.3) is 10.9 Å². The van der Waals surface area contributed by atoms with Crippen molar-refractivity contribution in [2.24, 2.45) is 5.92 Å². The molecule has 2 heterocycles. The van der Waals surface area contributed by atoms with Crippen LogP contribution in [0.1, 0.15) is 28.3 Å². The molecule has 0 amide bonds. The molecular weight excluding hydrogens is 338 g/mol. The van der Waals surface area contributed by atoms with Gasteiger partial charge in [0, 0.05) is 41.5 Å². The Balaban J connectivity index is 1.86. The predicted molar refractivity (Wildman–Crippen MR) is 95.3 cm³/mol. The number of hydrogen-bond acceptors (Lipinski definition) is 4. The molecule has 1 aliphatic rings. The zero-order valence-corrected chi connectivity index (χ0v) is 15.0. The fourth-order valence-electron chi connectivity index (χ4n) is 3.80. The van der Waals surface area contributed by atoms with Crippen LogP contribution in [-0.4, -0.2) is 34.0 Å². The number of aryl methyl sites for hydroxylation is 1. The fourth-order valence-corrected chi connectivity index (χ4v) is 4.90. The van der Waals surface area contributed by atoms with Crippen molar-refractivity contribution in [1.29, 1.82) is 0 Å². The number of nitrogens with zero attached hydrogens (tertiary/aromatic N) is 3. The number of fused-ring (bicyclic) bond motifs is 3. The van der Waals surface area contributed by atoms with Gasteiger partial charge in [-0.05, 0) is 25.8 Å². The maximum absolute atomic E-state index is 13.2. The normalized spacial score (nSPS) is 17.8. The zero-order chi connectivity index (χ0) is 17.8. The number of rotatable bonds is 3. The van der Waals surface area contributed by atoms with Gasteiger partial charge >= 0.3 is 0 Å². The minimum atomic E-state index is -3.48. The van der Waals surface area contributed by atoms with Crippen molar-refractivity contribution in [3.05, 3.63) is 53.7 Å².